The molecule has 0 spiro atoms. The van der Waals surface area contributed by atoms with Crippen molar-refractivity contribution in [1.82, 2.24) is 4.90 Å². The van der Waals surface area contributed by atoms with E-state index in [1.807, 2.05) is 20.8 Å². The van der Waals surface area contributed by atoms with Gasteiger partial charge in [0.05, 0.1) is 50.2 Å². The lowest BCUT2D eigenvalue weighted by molar-refractivity contribution is -0.140. The van der Waals surface area contributed by atoms with Gasteiger partial charge in [-0.2, -0.15) is 0 Å². The quantitative estimate of drug-likeness (QED) is 0.270. The molecule has 0 aliphatic carbocycles. The molecule has 1 aliphatic rings. The minimum absolute atomic E-state index is 0.0668. The van der Waals surface area contributed by atoms with Gasteiger partial charge in [0, 0.05) is 12.6 Å². The average molecular weight is 500 g/mol. The molecule has 1 saturated heterocycles. The second-order valence-corrected chi connectivity index (χ2v) is 8.37. The molecule has 0 radical (unpaired) electrons. The van der Waals surface area contributed by atoms with Gasteiger partial charge in [0.15, 0.2) is 11.5 Å². The van der Waals surface area contributed by atoms with Gasteiger partial charge < -0.3 is 34.1 Å². The fraction of sp³-hybridized carbons (Fsp3) is 0.407. The van der Waals surface area contributed by atoms with Gasteiger partial charge in [0.25, 0.3) is 11.7 Å². The van der Waals surface area contributed by atoms with Crippen molar-refractivity contribution in [3.05, 3.63) is 53.1 Å². The maximum absolute atomic E-state index is 13.3. The Balaban J connectivity index is 2.17. The molecule has 1 unspecified atom stereocenters. The van der Waals surface area contributed by atoms with Crippen LogP contribution in [0.3, 0.4) is 0 Å². The van der Waals surface area contributed by atoms with E-state index in [-0.39, 0.29) is 47.7 Å². The van der Waals surface area contributed by atoms with Crippen LogP contribution in [0.5, 0.6) is 23.0 Å². The normalized spacial score (nSPS) is 17.1. The van der Waals surface area contributed by atoms with E-state index < -0.39 is 17.7 Å². The zero-order valence-corrected chi connectivity index (χ0v) is 21.2. The lowest BCUT2D eigenvalue weighted by Gasteiger charge is -2.26. The number of aromatic hydroxyl groups is 1. The molecule has 0 saturated carbocycles. The summed E-state index contributed by atoms with van der Waals surface area (Å²) in [5, 5.41) is 21.8. The molecular weight excluding hydrogens is 466 g/mol. The number of hydrogen-bond donors (Lipinski definition) is 2. The van der Waals surface area contributed by atoms with E-state index in [0.717, 1.165) is 0 Å². The Labute approximate surface area is 210 Å². The smallest absolute Gasteiger partial charge is 0.295 e. The molecule has 2 aromatic carbocycles. The summed E-state index contributed by atoms with van der Waals surface area (Å²) in [5.41, 5.74) is 0.571. The van der Waals surface area contributed by atoms with Gasteiger partial charge in [-0.15, -0.1) is 0 Å². The van der Waals surface area contributed by atoms with E-state index >= 15 is 0 Å². The Morgan fingerprint density at radius 3 is 2.36 bits per heavy atom. The van der Waals surface area contributed by atoms with Gasteiger partial charge in [-0.3, -0.25) is 9.59 Å². The van der Waals surface area contributed by atoms with Gasteiger partial charge in [-0.1, -0.05) is 6.07 Å². The van der Waals surface area contributed by atoms with Crippen molar-refractivity contribution in [1.29, 1.82) is 0 Å². The van der Waals surface area contributed by atoms with Crippen LogP contribution >= 0.6 is 0 Å². The fourth-order valence-corrected chi connectivity index (χ4v) is 4.10. The lowest BCUT2D eigenvalue weighted by atomic mass is 9.94. The Morgan fingerprint density at radius 2 is 1.75 bits per heavy atom. The minimum Gasteiger partial charge on any atom is -0.507 e. The highest BCUT2D eigenvalue weighted by atomic mass is 16.5. The van der Waals surface area contributed by atoms with E-state index in [9.17, 15) is 19.8 Å². The van der Waals surface area contributed by atoms with Crippen LogP contribution in [-0.2, 0) is 14.3 Å². The Kier molecular flexibility index (Phi) is 8.82. The molecule has 3 rings (SSSR count). The number of carbonyl (C=O) groups is 2. The number of methoxy groups -OCH3 is 1. The number of benzene rings is 2. The first-order chi connectivity index (χ1) is 17.2. The molecule has 1 fully saturated rings. The van der Waals surface area contributed by atoms with Gasteiger partial charge in [-0.25, -0.2) is 0 Å². The molecule has 2 N–H and O–H groups in total. The number of hydrogen-bond acceptors (Lipinski definition) is 8. The summed E-state index contributed by atoms with van der Waals surface area (Å²) in [7, 11) is 1.42. The molecule has 9 heteroatoms. The molecule has 9 nitrogen and oxygen atoms in total. The molecule has 0 bridgehead atoms. The number of amides is 1. The number of aliphatic hydroxyl groups excluding tert-OH is 1. The third kappa shape index (κ3) is 5.57. The van der Waals surface area contributed by atoms with Crippen molar-refractivity contribution in [2.45, 2.75) is 39.8 Å². The van der Waals surface area contributed by atoms with Crippen LogP contribution in [0.2, 0.25) is 0 Å². The van der Waals surface area contributed by atoms with E-state index in [0.29, 0.717) is 30.3 Å². The predicted octanol–water partition coefficient (Wildman–Crippen LogP) is 4.04. The summed E-state index contributed by atoms with van der Waals surface area (Å²) >= 11 is 0. The molecular formula is C27H33NO8. The van der Waals surface area contributed by atoms with Crippen LogP contribution in [0.4, 0.5) is 0 Å². The maximum atomic E-state index is 13.3. The molecule has 36 heavy (non-hydrogen) atoms. The molecule has 1 amide bonds. The minimum atomic E-state index is -0.960. The summed E-state index contributed by atoms with van der Waals surface area (Å²) in [6, 6.07) is 8.51. The van der Waals surface area contributed by atoms with Crippen molar-refractivity contribution in [2.24, 2.45) is 0 Å². The average Bonchev–Trinajstić information content (AvgIpc) is 3.09. The Morgan fingerprint density at radius 1 is 1.03 bits per heavy atom. The van der Waals surface area contributed by atoms with Gasteiger partial charge >= 0.3 is 0 Å². The zero-order valence-electron chi connectivity index (χ0n) is 21.2. The topological polar surface area (TPSA) is 115 Å². The number of nitrogens with zero attached hydrogens (tertiary/aromatic N) is 1. The Bertz CT molecular complexity index is 1140. The Hall–Kier alpha value is -3.72. The highest BCUT2D eigenvalue weighted by molar-refractivity contribution is 6.46. The molecule has 0 aromatic heterocycles. The van der Waals surface area contributed by atoms with E-state index in [1.165, 1.54) is 24.1 Å². The molecule has 194 valence electrons. The van der Waals surface area contributed by atoms with E-state index in [2.05, 4.69) is 0 Å². The molecule has 2 aromatic rings. The number of likely N-dealkylation sites (tertiary alicyclic amines) is 1. The maximum Gasteiger partial charge on any atom is 0.295 e. The highest BCUT2D eigenvalue weighted by Gasteiger charge is 2.46. The number of ether oxygens (including phenoxy) is 4. The summed E-state index contributed by atoms with van der Waals surface area (Å²) in [4.78, 5) is 27.7. The van der Waals surface area contributed by atoms with Gasteiger partial charge in [0.2, 0.25) is 0 Å². The van der Waals surface area contributed by atoms with Crippen molar-refractivity contribution in [3.63, 3.8) is 0 Å². The van der Waals surface area contributed by atoms with Crippen molar-refractivity contribution >= 4 is 17.4 Å². The second-order valence-electron chi connectivity index (χ2n) is 8.37. The number of carbonyl (C=O) groups excluding carboxylic acids is 2. The first kappa shape index (κ1) is 26.9. The third-order valence-electron chi connectivity index (χ3n) is 5.66. The largest absolute Gasteiger partial charge is 0.507 e. The number of phenols is 1. The predicted molar refractivity (Wildman–Crippen MR) is 134 cm³/mol. The summed E-state index contributed by atoms with van der Waals surface area (Å²) in [6.07, 6.45) is -0.0668. The van der Waals surface area contributed by atoms with Crippen LogP contribution in [-0.4, -0.2) is 66.4 Å². The second kappa shape index (κ2) is 11.8. The van der Waals surface area contributed by atoms with Crippen LogP contribution in [0.15, 0.2) is 42.0 Å². The van der Waals surface area contributed by atoms with Gasteiger partial charge in [0.1, 0.15) is 17.3 Å². The van der Waals surface area contributed by atoms with Gasteiger partial charge in [-0.05, 0) is 57.5 Å². The number of rotatable bonds is 11. The molecule has 1 aliphatic heterocycles. The standard InChI is InChI=1S/C27H33NO8/c1-6-34-18-9-10-19(22(15-18)35-7-2)25(30)23-24(17-8-11-21(33-5)20(29)14-17)28(27(32)26(23)31)12-13-36-16(3)4/h8-11,14-16,24,29-30H,6-7,12-13H2,1-5H3/b25-23-. The van der Waals surface area contributed by atoms with Crippen molar-refractivity contribution < 1.29 is 38.7 Å². The van der Waals surface area contributed by atoms with Crippen molar-refractivity contribution in [3.8, 4) is 23.0 Å². The molecule has 1 atom stereocenters. The first-order valence-electron chi connectivity index (χ1n) is 11.9. The van der Waals surface area contributed by atoms with E-state index in [1.54, 1.807) is 31.2 Å². The number of ketones is 1. The molecule has 1 heterocycles. The van der Waals surface area contributed by atoms with Crippen molar-refractivity contribution in [2.75, 3.05) is 33.5 Å². The van der Waals surface area contributed by atoms with Crippen LogP contribution in [0.1, 0.15) is 44.9 Å². The summed E-state index contributed by atoms with van der Waals surface area (Å²) in [5.74, 6) is -1.06. The summed E-state index contributed by atoms with van der Waals surface area (Å²) in [6.45, 7) is 8.44. The number of aliphatic hydroxyl groups is 1. The fourth-order valence-electron chi connectivity index (χ4n) is 4.10. The number of phenolic OH excluding ortho intramolecular Hbond substituents is 1. The number of Topliss-reactive ketones (excluding diaryl/α,β-unsaturated/α-hetero) is 1. The highest BCUT2D eigenvalue weighted by Crippen LogP contribution is 2.43. The van der Waals surface area contributed by atoms with E-state index in [4.69, 9.17) is 18.9 Å². The lowest BCUT2D eigenvalue weighted by Crippen LogP contribution is -2.33. The monoisotopic (exact) mass is 499 g/mol. The first-order valence-corrected chi connectivity index (χ1v) is 11.9. The van der Waals surface area contributed by atoms with Crippen LogP contribution in [0.25, 0.3) is 5.76 Å². The third-order valence-corrected chi connectivity index (χ3v) is 5.66. The SMILES string of the molecule is CCOc1ccc(/C(O)=C2/C(=O)C(=O)N(CCOC(C)C)C2c2ccc(OC)c(O)c2)c(OCC)c1. The van der Waals surface area contributed by atoms with Crippen LogP contribution in [0, 0.1) is 0 Å². The summed E-state index contributed by atoms with van der Waals surface area (Å²) < 4.78 is 22.0. The zero-order chi connectivity index (χ0) is 26.4. The van der Waals surface area contributed by atoms with Crippen LogP contribution < -0.4 is 14.2 Å².